The standard InChI is InChI=1S/C53H85NO12/c1-11-14-39-20-16-32(2)18-23-41-24-19-38(8)53(62,66-41)50(59)51(60)54-26-13-12-15-42(54)52(61)65-45(35(5)29-40-22-25-43(55)46(30-40)63-9)31-44(56)34(4)28-37(7)48(58)49(64-10)47(57)36(6)27-33(3)17-21-39/h11,16-18,20-21,28,33-36,38-49,55-58,62H,1,12-15,19,22-27,29-31H2,2-10H3/b20-16-,21-17-,32-18+,37-28-. The van der Waals surface area contributed by atoms with E-state index in [1.165, 1.54) is 12.0 Å². The average Bonchev–Trinajstić information content (AvgIpc) is 3.29. The van der Waals surface area contributed by atoms with E-state index in [1.54, 1.807) is 27.0 Å². The number of esters is 1. The van der Waals surface area contributed by atoms with Gasteiger partial charge >= 0.3 is 5.97 Å². The zero-order valence-electron chi connectivity index (χ0n) is 41.4. The third-order valence-electron chi connectivity index (χ3n) is 15.0. The number of amides is 1. The summed E-state index contributed by atoms with van der Waals surface area (Å²) in [5.74, 6) is -6.50. The first-order valence-corrected chi connectivity index (χ1v) is 24.8. The van der Waals surface area contributed by atoms with Gasteiger partial charge in [0.05, 0.1) is 30.5 Å². The highest BCUT2D eigenvalue weighted by Crippen LogP contribution is 2.37. The van der Waals surface area contributed by atoms with Crippen LogP contribution in [0.3, 0.4) is 0 Å². The minimum Gasteiger partial charge on any atom is -0.460 e. The Morgan fingerprint density at radius 3 is 2.32 bits per heavy atom. The molecule has 2 bridgehead atoms. The van der Waals surface area contributed by atoms with Crippen molar-refractivity contribution < 1.29 is 58.9 Å². The second kappa shape index (κ2) is 26.1. The van der Waals surface area contributed by atoms with E-state index >= 15 is 0 Å². The molecule has 0 aromatic heterocycles. The van der Waals surface area contributed by atoms with Crippen molar-refractivity contribution in [1.82, 2.24) is 4.90 Å². The van der Waals surface area contributed by atoms with Gasteiger partial charge in [0.1, 0.15) is 24.4 Å². The molecule has 4 rings (SSSR count). The number of nitrogens with zero attached hydrogens (tertiary/aromatic N) is 1. The fourth-order valence-electron chi connectivity index (χ4n) is 10.5. The zero-order chi connectivity index (χ0) is 48.9. The van der Waals surface area contributed by atoms with Gasteiger partial charge in [-0.25, -0.2) is 4.79 Å². The fourth-order valence-corrected chi connectivity index (χ4v) is 10.5. The van der Waals surface area contributed by atoms with Gasteiger partial charge in [-0.1, -0.05) is 82.7 Å². The minimum absolute atomic E-state index is 0.0406. The van der Waals surface area contributed by atoms with Crippen LogP contribution in [-0.2, 0) is 33.3 Å². The maximum atomic E-state index is 14.4. The van der Waals surface area contributed by atoms with Gasteiger partial charge in [0.15, 0.2) is 0 Å². The van der Waals surface area contributed by atoms with E-state index in [9.17, 15) is 39.9 Å². The van der Waals surface area contributed by atoms with Crippen LogP contribution < -0.4 is 0 Å². The molecule has 1 aliphatic carbocycles. The van der Waals surface area contributed by atoms with Gasteiger partial charge in [-0.3, -0.25) is 9.59 Å². The summed E-state index contributed by atoms with van der Waals surface area (Å²) in [7, 11) is 3.05. The summed E-state index contributed by atoms with van der Waals surface area (Å²) in [5.41, 5.74) is 1.48. The number of ketones is 1. The third kappa shape index (κ3) is 15.0. The van der Waals surface area contributed by atoms with E-state index in [1.807, 2.05) is 45.9 Å². The third-order valence-corrected chi connectivity index (χ3v) is 15.0. The lowest BCUT2D eigenvalue weighted by molar-refractivity contribution is -0.262. The number of Topliss-reactive ketones (excluding diaryl/α,β-unsaturated/α-hetero) is 1. The number of carbonyl (C=O) groups is 3. The number of hydrogen-bond acceptors (Lipinski definition) is 12. The number of methoxy groups -OCH3 is 2. The van der Waals surface area contributed by atoms with E-state index < -0.39 is 84.1 Å². The van der Waals surface area contributed by atoms with Gasteiger partial charge in [0, 0.05) is 39.0 Å². The van der Waals surface area contributed by atoms with Gasteiger partial charge < -0.3 is 49.4 Å². The Kier molecular flexibility index (Phi) is 22.0. The molecule has 374 valence electrons. The smallest absolute Gasteiger partial charge is 0.329 e. The lowest BCUT2D eigenvalue weighted by Crippen LogP contribution is -2.60. The molecule has 0 radical (unpaired) electrons. The summed E-state index contributed by atoms with van der Waals surface area (Å²) >= 11 is 0. The van der Waals surface area contributed by atoms with Crippen molar-refractivity contribution in [2.24, 2.45) is 41.4 Å². The molecule has 1 amide bonds. The predicted molar refractivity (Wildman–Crippen MR) is 255 cm³/mol. The lowest BCUT2D eigenvalue weighted by Gasteiger charge is -2.42. The molecule has 3 heterocycles. The van der Waals surface area contributed by atoms with E-state index in [-0.39, 0.29) is 55.1 Å². The first-order chi connectivity index (χ1) is 31.2. The van der Waals surface area contributed by atoms with Crippen molar-refractivity contribution in [1.29, 1.82) is 0 Å². The number of aliphatic hydroxyl groups is 5. The summed E-state index contributed by atoms with van der Waals surface area (Å²) in [6, 6.07) is -1.09. The van der Waals surface area contributed by atoms with Gasteiger partial charge in [-0.15, -0.1) is 6.58 Å². The molecular weight excluding hydrogens is 843 g/mol. The number of cyclic esters (lactones) is 1. The molecule has 3 fully saturated rings. The van der Waals surface area contributed by atoms with Crippen LogP contribution in [0.5, 0.6) is 0 Å². The fraction of sp³-hybridized carbons (Fsp3) is 0.755. The molecule has 2 saturated heterocycles. The number of fused-ring (bicyclic) bond motifs is 3. The van der Waals surface area contributed by atoms with Crippen molar-refractivity contribution in [3.8, 4) is 0 Å². The molecule has 17 unspecified atom stereocenters. The Morgan fingerprint density at radius 2 is 1.64 bits per heavy atom. The molecule has 5 N–H and O–H groups in total. The number of piperidine rings is 1. The van der Waals surface area contributed by atoms with Crippen LogP contribution in [0.4, 0.5) is 0 Å². The highest BCUT2D eigenvalue weighted by Gasteiger charge is 2.52. The molecule has 3 aliphatic heterocycles. The number of allylic oxidation sites excluding steroid dienone is 6. The van der Waals surface area contributed by atoms with E-state index in [0.29, 0.717) is 69.8 Å². The number of carbonyl (C=O) groups excluding carboxylic acids is 3. The molecule has 13 heteroatoms. The van der Waals surface area contributed by atoms with Crippen molar-refractivity contribution in [3.05, 3.63) is 60.3 Å². The summed E-state index contributed by atoms with van der Waals surface area (Å²) in [4.78, 5) is 44.0. The Hall–Kier alpha value is -3.01. The van der Waals surface area contributed by atoms with Crippen molar-refractivity contribution in [3.63, 3.8) is 0 Å². The first kappa shape index (κ1) is 55.6. The monoisotopic (exact) mass is 928 g/mol. The van der Waals surface area contributed by atoms with Crippen LogP contribution in [0.1, 0.15) is 132 Å². The second-order valence-corrected chi connectivity index (χ2v) is 20.5. The summed E-state index contributed by atoms with van der Waals surface area (Å²) in [6.45, 7) is 17.3. The molecular formula is C53H85NO12. The largest absolute Gasteiger partial charge is 0.460 e. The Morgan fingerprint density at radius 1 is 0.909 bits per heavy atom. The quantitative estimate of drug-likeness (QED) is 0.101. The van der Waals surface area contributed by atoms with Crippen molar-refractivity contribution >= 4 is 17.7 Å². The van der Waals surface area contributed by atoms with E-state index in [4.69, 9.17) is 18.9 Å². The zero-order valence-corrected chi connectivity index (χ0v) is 41.4. The highest BCUT2D eigenvalue weighted by molar-refractivity contribution is 6.39. The van der Waals surface area contributed by atoms with Crippen LogP contribution in [0.15, 0.2) is 60.3 Å². The van der Waals surface area contributed by atoms with Crippen molar-refractivity contribution in [2.75, 3.05) is 20.8 Å². The molecule has 66 heavy (non-hydrogen) atoms. The normalized spacial score (nSPS) is 42.1. The van der Waals surface area contributed by atoms with Crippen LogP contribution in [0, 0.1) is 41.4 Å². The second-order valence-electron chi connectivity index (χ2n) is 20.5. The number of aliphatic hydroxyl groups excluding tert-OH is 4. The average molecular weight is 928 g/mol. The first-order valence-electron chi connectivity index (χ1n) is 24.8. The van der Waals surface area contributed by atoms with Crippen LogP contribution in [0.2, 0.25) is 0 Å². The van der Waals surface area contributed by atoms with Crippen molar-refractivity contribution in [2.45, 2.75) is 193 Å². The molecule has 4 aliphatic rings. The Labute approximate surface area is 395 Å². The number of hydrogen-bond donors (Lipinski definition) is 5. The Balaban J connectivity index is 1.70. The topological polar surface area (TPSA) is 193 Å². The molecule has 0 aromatic rings. The van der Waals surface area contributed by atoms with Crippen LogP contribution >= 0.6 is 0 Å². The Bertz CT molecular complexity index is 1710. The maximum absolute atomic E-state index is 14.4. The van der Waals surface area contributed by atoms with Crippen LogP contribution in [-0.4, -0.2) is 130 Å². The lowest BCUT2D eigenvalue weighted by atomic mass is 9.78. The SMILES string of the molecule is C=CCC1/C=C\C(C)=C\CC2CCC(C)C(O)(O2)C(=O)C(=O)N2CCCCC2C(=O)OC(C(C)CC2CCC(O)C(OC)C2)CC(O)C(C)/C=C(/C)C(O)C(OC)C(O)C(C)CC(C)/C=C\1. The molecule has 1 saturated carbocycles. The predicted octanol–water partition coefficient (Wildman–Crippen LogP) is 6.94. The molecule has 0 aromatic carbocycles. The van der Waals surface area contributed by atoms with E-state index in [0.717, 1.165) is 12.0 Å². The molecule has 13 nitrogen and oxygen atoms in total. The molecule has 17 atom stereocenters. The summed E-state index contributed by atoms with van der Waals surface area (Å²) in [6.07, 6.45) is 14.5. The van der Waals surface area contributed by atoms with Gasteiger partial charge in [0.25, 0.3) is 11.7 Å². The minimum atomic E-state index is -2.37. The highest BCUT2D eigenvalue weighted by atomic mass is 16.6. The van der Waals surface area contributed by atoms with Crippen LogP contribution in [0.25, 0.3) is 0 Å². The van der Waals surface area contributed by atoms with Gasteiger partial charge in [0.2, 0.25) is 5.79 Å². The number of ether oxygens (including phenoxy) is 4. The summed E-state index contributed by atoms with van der Waals surface area (Å²) < 4.78 is 23.8. The van der Waals surface area contributed by atoms with E-state index in [2.05, 4.69) is 31.7 Å². The van der Waals surface area contributed by atoms with Gasteiger partial charge in [-0.05, 0) is 126 Å². The maximum Gasteiger partial charge on any atom is 0.329 e. The molecule has 0 spiro atoms. The van der Waals surface area contributed by atoms with Gasteiger partial charge in [-0.2, -0.15) is 0 Å². The number of rotatable bonds is 7. The summed E-state index contributed by atoms with van der Waals surface area (Å²) in [5, 5.41) is 57.3.